The third kappa shape index (κ3) is 3.76. The molecule has 2 N–H and O–H groups in total. The van der Waals surface area contributed by atoms with Gasteiger partial charge in [-0.1, -0.05) is 48.5 Å². The van der Waals surface area contributed by atoms with Crippen LogP contribution in [0.2, 0.25) is 0 Å². The number of aliphatic carboxylic acids is 1. The number of halogens is 4. The third-order valence-electron chi connectivity index (χ3n) is 3.53. The number of nitrogens with one attached hydrogen (secondary N) is 1. The van der Waals surface area contributed by atoms with Crippen LogP contribution in [-0.2, 0) is 21.7 Å². The summed E-state index contributed by atoms with van der Waals surface area (Å²) in [6, 6.07) is 11.4. The number of rotatable bonds is 5. The van der Waals surface area contributed by atoms with Crippen LogP contribution in [0.5, 0.6) is 0 Å². The van der Waals surface area contributed by atoms with Crippen molar-refractivity contribution in [1.82, 2.24) is 5.32 Å². The summed E-state index contributed by atoms with van der Waals surface area (Å²) in [6.45, 7) is -0.391. The van der Waals surface area contributed by atoms with E-state index < -0.39 is 41.8 Å². The lowest BCUT2D eigenvalue weighted by Gasteiger charge is -2.32. The molecule has 2 rings (SSSR count). The summed E-state index contributed by atoms with van der Waals surface area (Å²) in [4.78, 5) is 23.3. The lowest BCUT2D eigenvalue weighted by atomic mass is 9.88. The molecule has 0 heterocycles. The molecule has 1 atom stereocenters. The molecule has 2 aromatic carbocycles. The molecule has 0 aromatic heterocycles. The zero-order chi connectivity index (χ0) is 19.4. The molecule has 26 heavy (non-hydrogen) atoms. The molecule has 2 aromatic rings. The number of benzene rings is 2. The predicted octanol–water partition coefficient (Wildman–Crippen LogP) is 3.59. The van der Waals surface area contributed by atoms with Crippen LogP contribution >= 0.6 is 0 Å². The molecule has 0 aliphatic heterocycles. The Hall–Kier alpha value is -3.10. The molecule has 1 unspecified atom stereocenters. The Morgan fingerprint density at radius 2 is 1.58 bits per heavy atom. The van der Waals surface area contributed by atoms with Gasteiger partial charge in [0.25, 0.3) is 5.54 Å². The molecule has 9 heteroatoms. The van der Waals surface area contributed by atoms with Gasteiger partial charge in [-0.05, 0) is 11.6 Å². The zero-order valence-corrected chi connectivity index (χ0v) is 13.1. The van der Waals surface area contributed by atoms with Gasteiger partial charge in [0.05, 0.1) is 0 Å². The summed E-state index contributed by atoms with van der Waals surface area (Å²) in [5.41, 5.74) is -4.77. The molecule has 0 saturated carbocycles. The van der Waals surface area contributed by atoms with Crippen molar-refractivity contribution in [3.8, 4) is 0 Å². The Morgan fingerprint density at radius 3 is 2.12 bits per heavy atom. The number of ether oxygens (including phenoxy) is 1. The van der Waals surface area contributed by atoms with Crippen molar-refractivity contribution in [2.45, 2.75) is 18.3 Å². The highest BCUT2D eigenvalue weighted by atomic mass is 19.4. The lowest BCUT2D eigenvalue weighted by Crippen LogP contribution is -2.61. The Morgan fingerprint density at radius 1 is 1.00 bits per heavy atom. The quantitative estimate of drug-likeness (QED) is 0.788. The number of carboxylic acid groups (broad SMARTS) is 1. The molecule has 1 amide bonds. The standard InChI is InChI=1S/C17H13F4NO4/c18-13-9-5-4-8-12(13)16(14(23)24,17(19,20)21)22-15(25)26-10-11-6-2-1-3-7-11/h1-9H,10H2,(H,22,25)(H,23,24). The summed E-state index contributed by atoms with van der Waals surface area (Å²) in [5.74, 6) is -3.93. The highest BCUT2D eigenvalue weighted by Gasteiger charge is 2.64. The van der Waals surface area contributed by atoms with E-state index in [9.17, 15) is 32.3 Å². The SMILES string of the molecule is O=C(NC(C(=O)O)(c1ccccc1F)C(F)(F)F)OCc1ccccc1. The highest BCUT2D eigenvalue weighted by Crippen LogP contribution is 2.40. The number of hydrogen-bond acceptors (Lipinski definition) is 3. The van der Waals surface area contributed by atoms with Crippen molar-refractivity contribution in [1.29, 1.82) is 0 Å². The van der Waals surface area contributed by atoms with E-state index in [-0.39, 0.29) is 0 Å². The van der Waals surface area contributed by atoms with Crippen molar-refractivity contribution in [2.24, 2.45) is 0 Å². The predicted molar refractivity (Wildman–Crippen MR) is 81.5 cm³/mol. The maximum absolute atomic E-state index is 13.9. The largest absolute Gasteiger partial charge is 0.479 e. The van der Waals surface area contributed by atoms with Crippen LogP contribution in [0.1, 0.15) is 11.1 Å². The molecular formula is C17H13F4NO4. The molecule has 5 nitrogen and oxygen atoms in total. The van der Waals surface area contributed by atoms with E-state index in [1.165, 1.54) is 5.32 Å². The number of hydrogen-bond donors (Lipinski definition) is 2. The van der Waals surface area contributed by atoms with Crippen molar-refractivity contribution >= 4 is 12.1 Å². The number of alkyl carbamates (subject to hydrolysis) is 1. The Balaban J connectivity index is 2.34. The van der Waals surface area contributed by atoms with Gasteiger partial charge >= 0.3 is 18.2 Å². The van der Waals surface area contributed by atoms with E-state index >= 15 is 0 Å². The fourth-order valence-electron chi connectivity index (χ4n) is 2.26. The van der Waals surface area contributed by atoms with Crippen molar-refractivity contribution in [2.75, 3.05) is 0 Å². The average molecular weight is 371 g/mol. The number of amides is 1. The minimum atomic E-state index is -5.53. The number of carbonyl (C=O) groups excluding carboxylic acids is 1. The molecule has 0 aliphatic rings. The molecule has 0 fully saturated rings. The van der Waals surface area contributed by atoms with Crippen molar-refractivity contribution in [3.63, 3.8) is 0 Å². The maximum atomic E-state index is 13.9. The van der Waals surface area contributed by atoms with Crippen molar-refractivity contribution < 1.29 is 37.0 Å². The fourth-order valence-corrected chi connectivity index (χ4v) is 2.26. The smallest absolute Gasteiger partial charge is 0.427 e. The van der Waals surface area contributed by atoms with Crippen LogP contribution in [0.15, 0.2) is 54.6 Å². The van der Waals surface area contributed by atoms with E-state index in [2.05, 4.69) is 4.74 Å². The average Bonchev–Trinajstić information content (AvgIpc) is 2.58. The summed E-state index contributed by atoms with van der Waals surface area (Å²) in [6.07, 6.45) is -7.19. The fraction of sp³-hybridized carbons (Fsp3) is 0.176. The molecule has 138 valence electrons. The van der Waals surface area contributed by atoms with E-state index in [1.54, 1.807) is 30.3 Å². The topological polar surface area (TPSA) is 75.6 Å². The molecule has 0 spiro atoms. The molecule has 0 bridgehead atoms. The van der Waals surface area contributed by atoms with E-state index in [4.69, 9.17) is 0 Å². The van der Waals surface area contributed by atoms with Crippen LogP contribution in [0.25, 0.3) is 0 Å². The number of carboxylic acids is 1. The van der Waals surface area contributed by atoms with Gasteiger partial charge in [-0.15, -0.1) is 0 Å². The summed E-state index contributed by atoms with van der Waals surface area (Å²) in [7, 11) is 0. The first-order chi connectivity index (χ1) is 12.2. The van der Waals surface area contributed by atoms with E-state index in [1.807, 2.05) is 0 Å². The van der Waals surface area contributed by atoms with Gasteiger partial charge < -0.3 is 9.84 Å². The minimum absolute atomic E-state index is 0.391. The van der Waals surface area contributed by atoms with Gasteiger partial charge in [0.1, 0.15) is 12.4 Å². The Labute approximate surface area is 145 Å². The maximum Gasteiger partial charge on any atom is 0.427 e. The van der Waals surface area contributed by atoms with Crippen LogP contribution in [0.3, 0.4) is 0 Å². The van der Waals surface area contributed by atoms with Gasteiger partial charge in [-0.2, -0.15) is 13.2 Å². The first kappa shape index (κ1) is 19.2. The van der Waals surface area contributed by atoms with Gasteiger partial charge in [-0.25, -0.2) is 14.0 Å². The highest BCUT2D eigenvalue weighted by molar-refractivity contribution is 5.87. The van der Waals surface area contributed by atoms with E-state index in [0.717, 1.165) is 12.1 Å². The zero-order valence-electron chi connectivity index (χ0n) is 13.1. The van der Waals surface area contributed by atoms with Crippen LogP contribution in [0.4, 0.5) is 22.4 Å². The summed E-state index contributed by atoms with van der Waals surface area (Å²) < 4.78 is 59.4. The monoisotopic (exact) mass is 371 g/mol. The molecular weight excluding hydrogens is 358 g/mol. The summed E-state index contributed by atoms with van der Waals surface area (Å²) >= 11 is 0. The van der Waals surface area contributed by atoms with Gasteiger partial charge in [0, 0.05) is 5.56 Å². The van der Waals surface area contributed by atoms with Crippen molar-refractivity contribution in [3.05, 3.63) is 71.5 Å². The second-order valence-electron chi connectivity index (χ2n) is 5.22. The number of carbonyl (C=O) groups is 2. The lowest BCUT2D eigenvalue weighted by molar-refractivity contribution is -0.212. The molecule has 0 saturated heterocycles. The Kier molecular flexibility index (Phi) is 5.49. The van der Waals surface area contributed by atoms with Gasteiger partial charge in [0.2, 0.25) is 0 Å². The first-order valence-electron chi connectivity index (χ1n) is 7.22. The van der Waals surface area contributed by atoms with Crippen LogP contribution < -0.4 is 5.32 Å². The van der Waals surface area contributed by atoms with Crippen LogP contribution in [-0.4, -0.2) is 23.3 Å². The summed E-state index contributed by atoms with van der Waals surface area (Å²) in [5, 5.41) is 10.5. The second kappa shape index (κ2) is 7.42. The third-order valence-corrected chi connectivity index (χ3v) is 3.53. The minimum Gasteiger partial charge on any atom is -0.479 e. The molecule has 0 aliphatic carbocycles. The second-order valence-corrected chi connectivity index (χ2v) is 5.22. The van der Waals surface area contributed by atoms with Crippen LogP contribution in [0, 0.1) is 5.82 Å². The molecule has 0 radical (unpaired) electrons. The first-order valence-corrected chi connectivity index (χ1v) is 7.22. The van der Waals surface area contributed by atoms with Gasteiger partial charge in [-0.3, -0.25) is 5.32 Å². The normalized spacial score (nSPS) is 13.5. The van der Waals surface area contributed by atoms with Gasteiger partial charge in [0.15, 0.2) is 0 Å². The van der Waals surface area contributed by atoms with E-state index in [0.29, 0.717) is 17.7 Å². The Bertz CT molecular complexity index is 795. The number of alkyl halides is 3.